The van der Waals surface area contributed by atoms with Gasteiger partial charge in [0.2, 0.25) is 0 Å². The first-order valence-electron chi connectivity index (χ1n) is 9.62. The first-order valence-corrected chi connectivity index (χ1v) is 10.4. The van der Waals surface area contributed by atoms with Crippen LogP contribution < -0.4 is 4.74 Å². The summed E-state index contributed by atoms with van der Waals surface area (Å²) in [4.78, 5) is 6.00. The number of benzene rings is 1. The average Bonchev–Trinajstić information content (AvgIpc) is 3.25. The second kappa shape index (κ2) is 8.22. The molecule has 0 saturated heterocycles. The molecule has 1 aromatic heterocycles. The van der Waals surface area contributed by atoms with Crippen molar-refractivity contribution in [2.24, 2.45) is 0 Å². The van der Waals surface area contributed by atoms with Gasteiger partial charge in [-0.05, 0) is 93.9 Å². The number of aromatic nitrogens is 1. The number of hydrogen-bond acceptors (Lipinski definition) is 3. The molecule has 1 aliphatic rings. The molecule has 0 amide bonds. The molecule has 1 saturated carbocycles. The Kier molecular flexibility index (Phi) is 5.98. The third-order valence-corrected chi connectivity index (χ3v) is 5.99. The highest BCUT2D eigenvalue weighted by Crippen LogP contribution is 2.39. The monoisotopic (exact) mass is 367 g/mol. The first-order chi connectivity index (χ1) is 12.5. The van der Waals surface area contributed by atoms with E-state index in [1.54, 1.807) is 22.5 Å². The number of ether oxygens (including phenoxy) is 1. The molecule has 3 heteroatoms. The van der Waals surface area contributed by atoms with Crippen molar-refractivity contribution in [3.63, 3.8) is 0 Å². The van der Waals surface area contributed by atoms with Gasteiger partial charge in [-0.1, -0.05) is 13.0 Å². The third kappa shape index (κ3) is 4.09. The lowest BCUT2D eigenvalue weighted by Gasteiger charge is -2.12. The van der Waals surface area contributed by atoms with Gasteiger partial charge in [-0.15, -0.1) is 11.3 Å². The van der Waals surface area contributed by atoms with Gasteiger partial charge in [0.05, 0.1) is 11.0 Å². The Balaban J connectivity index is 1.88. The SMILES string of the molecule is CCC=C1CCCC1=C(C)c1cnc(-c2ccc(OC(C)C)c(C)c2)s1. The Hall–Kier alpha value is -1.87. The number of nitrogens with zero attached hydrogens (tertiary/aromatic N) is 1. The fraction of sp³-hybridized carbons (Fsp3) is 0.435. The number of thiazole rings is 1. The predicted octanol–water partition coefficient (Wildman–Crippen LogP) is 7.20. The summed E-state index contributed by atoms with van der Waals surface area (Å²) < 4.78 is 5.85. The van der Waals surface area contributed by atoms with Crippen molar-refractivity contribution in [2.45, 2.75) is 66.4 Å². The summed E-state index contributed by atoms with van der Waals surface area (Å²) in [6.07, 6.45) is 9.44. The maximum atomic E-state index is 5.85. The summed E-state index contributed by atoms with van der Waals surface area (Å²) in [6, 6.07) is 6.37. The van der Waals surface area contributed by atoms with Crippen LogP contribution in [0.25, 0.3) is 16.1 Å². The number of allylic oxidation sites excluding steroid dienone is 4. The number of rotatable bonds is 5. The van der Waals surface area contributed by atoms with Crippen LogP contribution in [0.1, 0.15) is 63.8 Å². The van der Waals surface area contributed by atoms with E-state index in [2.05, 4.69) is 58.9 Å². The molecule has 138 valence electrons. The molecule has 0 aliphatic heterocycles. The molecule has 1 heterocycles. The van der Waals surface area contributed by atoms with Crippen molar-refractivity contribution in [3.8, 4) is 16.3 Å². The smallest absolute Gasteiger partial charge is 0.123 e. The summed E-state index contributed by atoms with van der Waals surface area (Å²) in [5.41, 5.74) is 6.82. The van der Waals surface area contributed by atoms with Crippen LogP contribution in [-0.4, -0.2) is 11.1 Å². The van der Waals surface area contributed by atoms with Crippen molar-refractivity contribution < 1.29 is 4.74 Å². The second-order valence-electron chi connectivity index (χ2n) is 7.27. The van der Waals surface area contributed by atoms with Gasteiger partial charge in [-0.2, -0.15) is 0 Å². The van der Waals surface area contributed by atoms with Gasteiger partial charge in [-0.25, -0.2) is 4.98 Å². The molecule has 0 atom stereocenters. The topological polar surface area (TPSA) is 22.1 Å². The lowest BCUT2D eigenvalue weighted by molar-refractivity contribution is 0.241. The van der Waals surface area contributed by atoms with E-state index in [4.69, 9.17) is 9.72 Å². The fourth-order valence-electron chi connectivity index (χ4n) is 3.57. The summed E-state index contributed by atoms with van der Waals surface area (Å²) in [5.74, 6) is 0.958. The normalized spacial score (nSPS) is 18.0. The molecule has 3 rings (SSSR count). The maximum absolute atomic E-state index is 5.85. The van der Waals surface area contributed by atoms with Gasteiger partial charge in [0.15, 0.2) is 0 Å². The van der Waals surface area contributed by atoms with Crippen LogP contribution in [0, 0.1) is 6.92 Å². The Morgan fingerprint density at radius 3 is 2.81 bits per heavy atom. The minimum Gasteiger partial charge on any atom is -0.491 e. The molecule has 2 aromatic rings. The number of hydrogen-bond donors (Lipinski definition) is 0. The Morgan fingerprint density at radius 2 is 2.12 bits per heavy atom. The maximum Gasteiger partial charge on any atom is 0.123 e. The van der Waals surface area contributed by atoms with Crippen LogP contribution in [0.4, 0.5) is 0 Å². The van der Waals surface area contributed by atoms with E-state index in [1.165, 1.54) is 35.3 Å². The zero-order valence-corrected chi connectivity index (χ0v) is 17.4. The minimum atomic E-state index is 0.192. The first kappa shape index (κ1) is 18.9. The van der Waals surface area contributed by atoms with E-state index in [0.29, 0.717) is 0 Å². The highest BCUT2D eigenvalue weighted by atomic mass is 32.1. The largest absolute Gasteiger partial charge is 0.491 e. The van der Waals surface area contributed by atoms with Gasteiger partial charge >= 0.3 is 0 Å². The highest BCUT2D eigenvalue weighted by molar-refractivity contribution is 7.16. The second-order valence-corrected chi connectivity index (χ2v) is 8.30. The predicted molar refractivity (Wildman–Crippen MR) is 113 cm³/mol. The third-order valence-electron chi connectivity index (χ3n) is 4.82. The molecule has 2 nitrogen and oxygen atoms in total. The Labute approximate surface area is 161 Å². The molecule has 0 N–H and O–H groups in total. The number of aryl methyl sites for hydroxylation is 1. The molecular formula is C23H29NOS. The van der Waals surface area contributed by atoms with Crippen molar-refractivity contribution >= 4 is 16.9 Å². The molecule has 0 bridgehead atoms. The lowest BCUT2D eigenvalue weighted by atomic mass is 10.0. The summed E-state index contributed by atoms with van der Waals surface area (Å²) in [6.45, 7) is 10.7. The molecule has 0 spiro atoms. The zero-order valence-electron chi connectivity index (χ0n) is 16.6. The zero-order chi connectivity index (χ0) is 18.7. The minimum absolute atomic E-state index is 0.192. The molecule has 1 fully saturated rings. The van der Waals surface area contributed by atoms with E-state index in [0.717, 1.165) is 22.7 Å². The van der Waals surface area contributed by atoms with Gasteiger partial charge in [0.25, 0.3) is 0 Å². The van der Waals surface area contributed by atoms with Crippen molar-refractivity contribution in [1.82, 2.24) is 4.98 Å². The Bertz CT molecular complexity index is 842. The van der Waals surface area contributed by atoms with Crippen molar-refractivity contribution in [1.29, 1.82) is 0 Å². The lowest BCUT2D eigenvalue weighted by Crippen LogP contribution is -2.06. The average molecular weight is 368 g/mol. The van der Waals surface area contributed by atoms with Crippen LogP contribution in [0.15, 0.2) is 41.6 Å². The molecule has 0 unspecified atom stereocenters. The van der Waals surface area contributed by atoms with Crippen LogP contribution in [0.3, 0.4) is 0 Å². The van der Waals surface area contributed by atoms with E-state index in [1.807, 2.05) is 6.20 Å². The van der Waals surface area contributed by atoms with Crippen LogP contribution >= 0.6 is 11.3 Å². The van der Waals surface area contributed by atoms with E-state index in [9.17, 15) is 0 Å². The standard InChI is InChI=1S/C23H29NOS/c1-6-8-18-9-7-10-20(18)17(5)22-14-24-23(26-22)19-11-12-21(16(4)13-19)25-15(2)3/h8,11-15H,6-7,9-10H2,1-5H3. The fourth-order valence-corrected chi connectivity index (χ4v) is 4.51. The molecule has 0 radical (unpaired) electrons. The van der Waals surface area contributed by atoms with Crippen LogP contribution in [-0.2, 0) is 0 Å². The summed E-state index contributed by atoms with van der Waals surface area (Å²) in [7, 11) is 0. The quantitative estimate of drug-likeness (QED) is 0.557. The molecule has 1 aliphatic carbocycles. The van der Waals surface area contributed by atoms with E-state index < -0.39 is 0 Å². The highest BCUT2D eigenvalue weighted by Gasteiger charge is 2.18. The van der Waals surface area contributed by atoms with Crippen LogP contribution in [0.2, 0.25) is 0 Å². The van der Waals surface area contributed by atoms with Crippen LogP contribution in [0.5, 0.6) is 5.75 Å². The van der Waals surface area contributed by atoms with E-state index >= 15 is 0 Å². The Morgan fingerprint density at radius 1 is 1.31 bits per heavy atom. The van der Waals surface area contributed by atoms with Crippen molar-refractivity contribution in [3.05, 3.63) is 52.1 Å². The van der Waals surface area contributed by atoms with E-state index in [-0.39, 0.29) is 6.10 Å². The summed E-state index contributed by atoms with van der Waals surface area (Å²) >= 11 is 1.79. The molecule has 1 aromatic carbocycles. The molecular weight excluding hydrogens is 338 g/mol. The molecule has 26 heavy (non-hydrogen) atoms. The van der Waals surface area contributed by atoms with Gasteiger partial charge in [0.1, 0.15) is 10.8 Å². The van der Waals surface area contributed by atoms with Gasteiger partial charge < -0.3 is 4.74 Å². The van der Waals surface area contributed by atoms with Gasteiger partial charge in [-0.3, -0.25) is 0 Å². The summed E-state index contributed by atoms with van der Waals surface area (Å²) in [5, 5.41) is 1.08. The van der Waals surface area contributed by atoms with Gasteiger partial charge in [0, 0.05) is 11.8 Å². The van der Waals surface area contributed by atoms with Crippen molar-refractivity contribution in [2.75, 3.05) is 0 Å².